The Labute approximate surface area is 121 Å². The molecule has 0 saturated carbocycles. The van der Waals surface area contributed by atoms with Gasteiger partial charge in [0.1, 0.15) is 5.82 Å². The van der Waals surface area contributed by atoms with E-state index in [4.69, 9.17) is 5.73 Å². The number of amides is 1. The zero-order valence-electron chi connectivity index (χ0n) is 11.0. The highest BCUT2D eigenvalue weighted by Crippen LogP contribution is 2.25. The van der Waals surface area contributed by atoms with Crippen LogP contribution in [-0.4, -0.2) is 11.2 Å². The summed E-state index contributed by atoms with van der Waals surface area (Å²) in [5.74, 6) is -0.593. The van der Waals surface area contributed by atoms with Crippen molar-refractivity contribution in [1.82, 2.24) is 0 Å². The van der Waals surface area contributed by atoms with Crippen LogP contribution in [-0.2, 0) is 4.79 Å². The van der Waals surface area contributed by atoms with Gasteiger partial charge in [-0.25, -0.2) is 4.39 Å². The molecule has 104 valence electrons. The monoisotopic (exact) mass is 290 g/mol. The fraction of sp³-hybridized carbons (Fsp3) is 0.133. The molecular weight excluding hydrogens is 275 g/mol. The Kier molecular flexibility index (Phi) is 4.63. The van der Waals surface area contributed by atoms with Gasteiger partial charge in [-0.3, -0.25) is 4.79 Å². The number of nitrogens with one attached hydrogen (secondary N) is 1. The number of rotatable bonds is 4. The van der Waals surface area contributed by atoms with Crippen molar-refractivity contribution in [3.8, 4) is 0 Å². The van der Waals surface area contributed by atoms with Gasteiger partial charge in [-0.15, -0.1) is 11.8 Å². The third-order valence-electron chi connectivity index (χ3n) is 2.70. The summed E-state index contributed by atoms with van der Waals surface area (Å²) >= 11 is 1.45. The Hall–Kier alpha value is -2.01. The number of hydrogen-bond donors (Lipinski definition) is 2. The second kappa shape index (κ2) is 6.43. The number of hydrogen-bond acceptors (Lipinski definition) is 3. The fourth-order valence-electron chi connectivity index (χ4n) is 1.64. The van der Waals surface area contributed by atoms with Crippen LogP contribution in [0.1, 0.15) is 6.92 Å². The van der Waals surface area contributed by atoms with E-state index >= 15 is 0 Å². The van der Waals surface area contributed by atoms with E-state index in [9.17, 15) is 9.18 Å². The van der Waals surface area contributed by atoms with Gasteiger partial charge >= 0.3 is 0 Å². The second-order valence-electron chi connectivity index (χ2n) is 4.29. The van der Waals surface area contributed by atoms with E-state index in [1.54, 1.807) is 0 Å². The van der Waals surface area contributed by atoms with Gasteiger partial charge in [0.05, 0.1) is 16.6 Å². The minimum atomic E-state index is -0.424. The van der Waals surface area contributed by atoms with Crippen LogP contribution >= 0.6 is 11.8 Å². The molecule has 0 radical (unpaired) electrons. The molecule has 2 rings (SSSR count). The Morgan fingerprint density at radius 1 is 1.25 bits per heavy atom. The zero-order chi connectivity index (χ0) is 14.5. The lowest BCUT2D eigenvalue weighted by molar-refractivity contribution is -0.115. The molecule has 20 heavy (non-hydrogen) atoms. The topological polar surface area (TPSA) is 55.1 Å². The number of carbonyl (C=O) groups is 1. The van der Waals surface area contributed by atoms with E-state index in [-0.39, 0.29) is 16.8 Å². The van der Waals surface area contributed by atoms with Crippen LogP contribution in [0.5, 0.6) is 0 Å². The SMILES string of the molecule is CC(Sc1ccccc1)C(=O)Nc1ccc(F)cc1N. The molecule has 0 saturated heterocycles. The predicted molar refractivity (Wildman–Crippen MR) is 81.2 cm³/mol. The number of nitrogen functional groups attached to an aromatic ring is 1. The lowest BCUT2D eigenvalue weighted by Gasteiger charge is -2.13. The second-order valence-corrected chi connectivity index (χ2v) is 5.71. The highest BCUT2D eigenvalue weighted by molar-refractivity contribution is 8.00. The predicted octanol–water partition coefficient (Wildman–Crippen LogP) is 3.53. The molecule has 3 nitrogen and oxygen atoms in total. The van der Waals surface area contributed by atoms with Gasteiger partial charge in [-0.1, -0.05) is 18.2 Å². The lowest BCUT2D eigenvalue weighted by atomic mass is 10.2. The standard InChI is InChI=1S/C15H15FN2OS/c1-10(20-12-5-3-2-4-6-12)15(19)18-14-8-7-11(16)9-13(14)17/h2-10H,17H2,1H3,(H,18,19). The molecule has 1 atom stereocenters. The molecule has 0 aliphatic rings. The summed E-state index contributed by atoms with van der Waals surface area (Å²) in [4.78, 5) is 13.1. The first-order chi connectivity index (χ1) is 9.56. The summed E-state index contributed by atoms with van der Waals surface area (Å²) in [6.07, 6.45) is 0. The quantitative estimate of drug-likeness (QED) is 0.669. The normalized spacial score (nSPS) is 11.9. The van der Waals surface area contributed by atoms with E-state index in [1.165, 1.54) is 30.0 Å². The Morgan fingerprint density at radius 3 is 2.60 bits per heavy atom. The average Bonchev–Trinajstić information content (AvgIpc) is 2.43. The van der Waals surface area contributed by atoms with Gasteiger partial charge in [0, 0.05) is 4.90 Å². The maximum absolute atomic E-state index is 12.9. The molecule has 0 bridgehead atoms. The van der Waals surface area contributed by atoms with E-state index in [1.807, 2.05) is 37.3 Å². The van der Waals surface area contributed by atoms with E-state index in [0.29, 0.717) is 5.69 Å². The Bertz CT molecular complexity index is 604. The van der Waals surface area contributed by atoms with Crippen molar-refractivity contribution in [3.63, 3.8) is 0 Å². The van der Waals surface area contributed by atoms with Crippen molar-refractivity contribution in [3.05, 3.63) is 54.3 Å². The summed E-state index contributed by atoms with van der Waals surface area (Å²) in [6, 6.07) is 13.6. The molecule has 0 aromatic heterocycles. The average molecular weight is 290 g/mol. The van der Waals surface area contributed by atoms with Crippen molar-refractivity contribution >= 4 is 29.0 Å². The molecule has 2 aromatic carbocycles. The van der Waals surface area contributed by atoms with Gasteiger partial charge in [0.25, 0.3) is 0 Å². The summed E-state index contributed by atoms with van der Waals surface area (Å²) in [5, 5.41) is 2.43. The molecule has 3 N–H and O–H groups in total. The third-order valence-corrected chi connectivity index (χ3v) is 3.81. The largest absolute Gasteiger partial charge is 0.397 e. The van der Waals surface area contributed by atoms with E-state index in [0.717, 1.165) is 4.90 Å². The van der Waals surface area contributed by atoms with Crippen molar-refractivity contribution in [2.75, 3.05) is 11.1 Å². The molecule has 0 aliphatic heterocycles. The molecule has 0 aliphatic carbocycles. The van der Waals surface area contributed by atoms with Crippen LogP contribution in [0, 0.1) is 5.82 Å². The molecule has 5 heteroatoms. The Morgan fingerprint density at radius 2 is 1.95 bits per heavy atom. The van der Waals surface area contributed by atoms with Crippen molar-refractivity contribution in [2.45, 2.75) is 17.1 Å². The van der Waals surface area contributed by atoms with Crippen LogP contribution < -0.4 is 11.1 Å². The summed E-state index contributed by atoms with van der Waals surface area (Å²) < 4.78 is 12.9. The lowest BCUT2D eigenvalue weighted by Crippen LogP contribution is -2.22. The summed E-state index contributed by atoms with van der Waals surface area (Å²) in [7, 11) is 0. The maximum Gasteiger partial charge on any atom is 0.237 e. The highest BCUT2D eigenvalue weighted by atomic mass is 32.2. The van der Waals surface area contributed by atoms with Crippen molar-refractivity contribution in [2.24, 2.45) is 0 Å². The zero-order valence-corrected chi connectivity index (χ0v) is 11.8. The molecule has 0 spiro atoms. The molecule has 0 heterocycles. The van der Waals surface area contributed by atoms with Crippen LogP contribution in [0.25, 0.3) is 0 Å². The number of benzene rings is 2. The van der Waals surface area contributed by atoms with Gasteiger partial charge in [-0.05, 0) is 37.3 Å². The number of thioether (sulfide) groups is 1. The van der Waals surface area contributed by atoms with Gasteiger partial charge in [0.15, 0.2) is 0 Å². The highest BCUT2D eigenvalue weighted by Gasteiger charge is 2.15. The van der Waals surface area contributed by atoms with Crippen LogP contribution in [0.4, 0.5) is 15.8 Å². The van der Waals surface area contributed by atoms with Gasteiger partial charge in [-0.2, -0.15) is 0 Å². The van der Waals surface area contributed by atoms with Gasteiger partial charge < -0.3 is 11.1 Å². The van der Waals surface area contributed by atoms with Crippen LogP contribution in [0.2, 0.25) is 0 Å². The van der Waals surface area contributed by atoms with Crippen molar-refractivity contribution < 1.29 is 9.18 Å². The van der Waals surface area contributed by atoms with Crippen molar-refractivity contribution in [1.29, 1.82) is 0 Å². The number of nitrogens with two attached hydrogens (primary N) is 1. The minimum absolute atomic E-state index is 0.169. The fourth-order valence-corrected chi connectivity index (χ4v) is 2.53. The number of halogens is 1. The Balaban J connectivity index is 2.01. The first-order valence-electron chi connectivity index (χ1n) is 6.14. The number of carbonyl (C=O) groups excluding carboxylic acids is 1. The van der Waals surface area contributed by atoms with E-state index in [2.05, 4.69) is 5.32 Å². The maximum atomic E-state index is 12.9. The molecule has 1 unspecified atom stereocenters. The first-order valence-corrected chi connectivity index (χ1v) is 7.02. The number of anilines is 2. The third kappa shape index (κ3) is 3.74. The van der Waals surface area contributed by atoms with Gasteiger partial charge in [0.2, 0.25) is 5.91 Å². The molecule has 2 aromatic rings. The molecule has 0 fully saturated rings. The molecule has 1 amide bonds. The minimum Gasteiger partial charge on any atom is -0.397 e. The van der Waals surface area contributed by atoms with Crippen LogP contribution in [0.3, 0.4) is 0 Å². The summed E-state index contributed by atoms with van der Waals surface area (Å²) in [6.45, 7) is 1.81. The van der Waals surface area contributed by atoms with Crippen LogP contribution in [0.15, 0.2) is 53.4 Å². The molecular formula is C15H15FN2OS. The smallest absolute Gasteiger partial charge is 0.237 e. The summed E-state index contributed by atoms with van der Waals surface area (Å²) in [5.41, 5.74) is 6.31. The van der Waals surface area contributed by atoms with E-state index < -0.39 is 5.82 Å². The first kappa shape index (κ1) is 14.4.